The van der Waals surface area contributed by atoms with Crippen LogP contribution >= 0.6 is 0 Å². The van der Waals surface area contributed by atoms with Gasteiger partial charge in [-0.05, 0) is 6.92 Å². The lowest BCUT2D eigenvalue weighted by molar-refractivity contribution is -0.304. The van der Waals surface area contributed by atoms with Crippen LogP contribution in [0.25, 0.3) is 0 Å². The topological polar surface area (TPSA) is 46.2 Å². The highest BCUT2D eigenvalue weighted by atomic mass is 17.2. The summed E-state index contributed by atoms with van der Waals surface area (Å²) < 4.78 is 15.9. The van der Waals surface area contributed by atoms with Crippen molar-refractivity contribution in [2.45, 2.75) is 13.0 Å². The fourth-order valence-corrected chi connectivity index (χ4v) is 1.01. The first-order valence-electron chi connectivity index (χ1n) is 4.91. The van der Waals surface area contributed by atoms with Gasteiger partial charge in [0, 0.05) is 0 Å². The molecule has 1 aliphatic heterocycles. The minimum atomic E-state index is 0.0827. The Hall–Kier alpha value is -0.200. The molecule has 1 saturated heterocycles. The van der Waals surface area contributed by atoms with Gasteiger partial charge in [-0.25, -0.2) is 9.78 Å². The Morgan fingerprint density at radius 3 is 2.29 bits per heavy atom. The Labute approximate surface area is 84.1 Å². The Bertz CT molecular complexity index is 116. The monoisotopic (exact) mass is 206 g/mol. The number of hydrogen-bond acceptors (Lipinski definition) is 5. The van der Waals surface area contributed by atoms with Crippen LogP contribution in [-0.4, -0.2) is 52.4 Å². The minimum absolute atomic E-state index is 0.0827. The average molecular weight is 206 g/mol. The van der Waals surface area contributed by atoms with E-state index in [2.05, 4.69) is 0 Å². The molecule has 5 heteroatoms. The molecule has 0 spiro atoms. The SMILES string of the molecule is CC1COCCOCCOOCCO1. The van der Waals surface area contributed by atoms with E-state index in [4.69, 9.17) is 24.0 Å². The highest BCUT2D eigenvalue weighted by Gasteiger charge is 2.03. The first kappa shape index (κ1) is 11.9. The van der Waals surface area contributed by atoms with Gasteiger partial charge < -0.3 is 14.2 Å². The van der Waals surface area contributed by atoms with Crippen molar-refractivity contribution in [1.29, 1.82) is 0 Å². The van der Waals surface area contributed by atoms with Crippen molar-refractivity contribution in [3.8, 4) is 0 Å². The molecule has 0 radical (unpaired) electrons. The Morgan fingerprint density at radius 2 is 1.43 bits per heavy atom. The lowest BCUT2D eigenvalue weighted by Gasteiger charge is -2.12. The summed E-state index contributed by atoms with van der Waals surface area (Å²) in [4.78, 5) is 9.69. The van der Waals surface area contributed by atoms with Crippen LogP contribution in [-0.2, 0) is 24.0 Å². The van der Waals surface area contributed by atoms with E-state index in [1.807, 2.05) is 6.92 Å². The van der Waals surface area contributed by atoms with Gasteiger partial charge in [-0.1, -0.05) is 0 Å². The molecule has 84 valence electrons. The maximum Gasteiger partial charge on any atom is 0.106 e. The summed E-state index contributed by atoms with van der Waals surface area (Å²) in [5, 5.41) is 0. The highest BCUT2D eigenvalue weighted by Crippen LogP contribution is 1.94. The van der Waals surface area contributed by atoms with Crippen LogP contribution in [0.3, 0.4) is 0 Å². The Morgan fingerprint density at radius 1 is 0.786 bits per heavy atom. The maximum atomic E-state index is 5.38. The van der Waals surface area contributed by atoms with Crippen molar-refractivity contribution >= 4 is 0 Å². The molecule has 1 unspecified atom stereocenters. The predicted molar refractivity (Wildman–Crippen MR) is 49.0 cm³/mol. The molecular formula is C9H18O5. The second kappa shape index (κ2) is 8.14. The molecule has 0 aromatic rings. The molecule has 1 heterocycles. The zero-order valence-corrected chi connectivity index (χ0v) is 8.57. The summed E-state index contributed by atoms with van der Waals surface area (Å²) in [7, 11) is 0. The van der Waals surface area contributed by atoms with E-state index in [1.165, 1.54) is 0 Å². The van der Waals surface area contributed by atoms with Crippen molar-refractivity contribution < 1.29 is 24.0 Å². The molecule has 0 aliphatic carbocycles. The summed E-state index contributed by atoms with van der Waals surface area (Å²) in [6, 6.07) is 0. The van der Waals surface area contributed by atoms with Gasteiger partial charge in [0.05, 0.1) is 39.1 Å². The fourth-order valence-electron chi connectivity index (χ4n) is 1.01. The third-order valence-corrected chi connectivity index (χ3v) is 1.69. The van der Waals surface area contributed by atoms with E-state index in [1.54, 1.807) is 0 Å². The highest BCUT2D eigenvalue weighted by molar-refractivity contribution is 4.47. The van der Waals surface area contributed by atoms with Crippen molar-refractivity contribution in [2.24, 2.45) is 0 Å². The van der Waals surface area contributed by atoms with E-state index < -0.39 is 0 Å². The molecule has 5 nitrogen and oxygen atoms in total. The minimum Gasteiger partial charge on any atom is -0.377 e. The molecule has 0 amide bonds. The third-order valence-electron chi connectivity index (χ3n) is 1.69. The zero-order valence-electron chi connectivity index (χ0n) is 8.57. The summed E-state index contributed by atoms with van der Waals surface area (Å²) in [6.45, 7) is 5.64. The molecule has 1 fully saturated rings. The molecule has 1 atom stereocenters. The number of hydrogen-bond donors (Lipinski definition) is 0. The van der Waals surface area contributed by atoms with E-state index in [0.717, 1.165) is 0 Å². The van der Waals surface area contributed by atoms with Crippen LogP contribution < -0.4 is 0 Å². The Kier molecular flexibility index (Phi) is 6.90. The van der Waals surface area contributed by atoms with E-state index in [9.17, 15) is 0 Å². The van der Waals surface area contributed by atoms with Crippen molar-refractivity contribution in [2.75, 3.05) is 46.2 Å². The first-order chi connectivity index (χ1) is 6.89. The largest absolute Gasteiger partial charge is 0.377 e. The van der Waals surface area contributed by atoms with Gasteiger partial charge in [0.1, 0.15) is 13.2 Å². The third kappa shape index (κ3) is 6.28. The van der Waals surface area contributed by atoms with Crippen LogP contribution in [0, 0.1) is 0 Å². The Balaban J connectivity index is 2.12. The number of rotatable bonds is 0. The second-order valence-corrected chi connectivity index (χ2v) is 3.01. The molecule has 0 bridgehead atoms. The second-order valence-electron chi connectivity index (χ2n) is 3.01. The quantitative estimate of drug-likeness (QED) is 0.536. The lowest BCUT2D eigenvalue weighted by Crippen LogP contribution is -2.19. The molecule has 0 aromatic heterocycles. The molecule has 14 heavy (non-hydrogen) atoms. The maximum absolute atomic E-state index is 5.38. The standard InChI is InChI=1S/C9H18O5/c1-9-8-11-3-2-10-4-6-13-14-7-5-12-9/h9H,2-8H2,1H3. The molecular weight excluding hydrogens is 188 g/mol. The lowest BCUT2D eigenvalue weighted by atomic mass is 10.4. The van der Waals surface area contributed by atoms with Gasteiger partial charge in [-0.2, -0.15) is 0 Å². The van der Waals surface area contributed by atoms with E-state index >= 15 is 0 Å². The molecule has 0 aromatic carbocycles. The molecule has 0 saturated carbocycles. The van der Waals surface area contributed by atoms with Gasteiger partial charge in [0.15, 0.2) is 0 Å². The van der Waals surface area contributed by atoms with Crippen LogP contribution in [0.1, 0.15) is 6.92 Å². The number of ether oxygens (including phenoxy) is 3. The summed E-state index contributed by atoms with van der Waals surface area (Å²) >= 11 is 0. The fraction of sp³-hybridized carbons (Fsp3) is 1.00. The van der Waals surface area contributed by atoms with E-state index in [0.29, 0.717) is 46.2 Å². The van der Waals surface area contributed by atoms with Gasteiger partial charge in [0.2, 0.25) is 0 Å². The molecule has 1 rings (SSSR count). The van der Waals surface area contributed by atoms with E-state index in [-0.39, 0.29) is 6.10 Å². The van der Waals surface area contributed by atoms with Crippen LogP contribution in [0.15, 0.2) is 0 Å². The predicted octanol–water partition coefficient (Wildman–Crippen LogP) is 0.386. The van der Waals surface area contributed by atoms with Crippen LogP contribution in [0.5, 0.6) is 0 Å². The van der Waals surface area contributed by atoms with Gasteiger partial charge in [0.25, 0.3) is 0 Å². The zero-order chi connectivity index (χ0) is 10.1. The summed E-state index contributed by atoms with van der Waals surface area (Å²) in [5.41, 5.74) is 0. The molecule has 1 aliphatic rings. The van der Waals surface area contributed by atoms with Gasteiger partial charge in [-0.3, -0.25) is 0 Å². The summed E-state index contributed by atoms with van der Waals surface area (Å²) in [5.74, 6) is 0. The van der Waals surface area contributed by atoms with Crippen molar-refractivity contribution in [3.05, 3.63) is 0 Å². The average Bonchev–Trinajstić information content (AvgIpc) is 2.20. The van der Waals surface area contributed by atoms with Gasteiger partial charge in [-0.15, -0.1) is 0 Å². The molecule has 0 N–H and O–H groups in total. The summed E-state index contributed by atoms with van der Waals surface area (Å²) in [6.07, 6.45) is 0.0827. The first-order valence-corrected chi connectivity index (χ1v) is 4.91. The normalized spacial score (nSPS) is 28.5. The van der Waals surface area contributed by atoms with Gasteiger partial charge >= 0.3 is 0 Å². The van der Waals surface area contributed by atoms with Crippen LogP contribution in [0.2, 0.25) is 0 Å². The van der Waals surface area contributed by atoms with Crippen LogP contribution in [0.4, 0.5) is 0 Å². The van der Waals surface area contributed by atoms with Crippen molar-refractivity contribution in [3.63, 3.8) is 0 Å². The smallest absolute Gasteiger partial charge is 0.106 e. The van der Waals surface area contributed by atoms with Crippen molar-refractivity contribution in [1.82, 2.24) is 0 Å².